The van der Waals surface area contributed by atoms with Gasteiger partial charge < -0.3 is 11.1 Å². The maximum atomic E-state index is 11.9. The third-order valence-electron chi connectivity index (χ3n) is 2.62. The molecule has 6 heteroatoms. The van der Waals surface area contributed by atoms with Crippen LogP contribution in [0.3, 0.4) is 0 Å². The average Bonchev–Trinajstić information content (AvgIpc) is 2.61. The molecule has 0 atom stereocenters. The number of halogens is 1. The molecule has 0 fully saturated rings. The second kappa shape index (κ2) is 4.70. The molecule has 0 aliphatic carbocycles. The van der Waals surface area contributed by atoms with E-state index < -0.39 is 0 Å². The van der Waals surface area contributed by atoms with Gasteiger partial charge in [0.25, 0.3) is 5.91 Å². The molecule has 94 valence electrons. The second-order valence-corrected chi connectivity index (χ2v) is 4.39. The fourth-order valence-electron chi connectivity index (χ4n) is 1.48. The molecular weight excluding hydrogens is 252 g/mol. The highest BCUT2D eigenvalue weighted by atomic mass is 35.5. The molecule has 5 nitrogen and oxygen atoms in total. The molecule has 1 aromatic carbocycles. The second-order valence-electron chi connectivity index (χ2n) is 3.98. The number of rotatable bonds is 2. The summed E-state index contributed by atoms with van der Waals surface area (Å²) in [5.41, 5.74) is 7.43. The van der Waals surface area contributed by atoms with E-state index in [2.05, 4.69) is 10.4 Å². The zero-order chi connectivity index (χ0) is 13.3. The number of hydrogen-bond donors (Lipinski definition) is 2. The van der Waals surface area contributed by atoms with Crippen LogP contribution in [0.5, 0.6) is 0 Å². The van der Waals surface area contributed by atoms with E-state index in [9.17, 15) is 4.79 Å². The van der Waals surface area contributed by atoms with Crippen molar-refractivity contribution in [2.75, 3.05) is 11.1 Å². The van der Waals surface area contributed by atoms with Crippen LogP contribution in [-0.4, -0.2) is 15.7 Å². The van der Waals surface area contributed by atoms with E-state index in [1.54, 1.807) is 22.9 Å². The van der Waals surface area contributed by atoms with Gasteiger partial charge >= 0.3 is 0 Å². The van der Waals surface area contributed by atoms with E-state index in [-0.39, 0.29) is 5.91 Å². The quantitative estimate of drug-likeness (QED) is 0.817. The first-order valence-electron chi connectivity index (χ1n) is 5.34. The Morgan fingerprint density at radius 1 is 1.44 bits per heavy atom. The number of aromatic nitrogens is 2. The number of benzene rings is 1. The zero-order valence-corrected chi connectivity index (χ0v) is 10.8. The summed E-state index contributed by atoms with van der Waals surface area (Å²) in [4.78, 5) is 11.9. The summed E-state index contributed by atoms with van der Waals surface area (Å²) in [6, 6.07) is 6.53. The molecule has 0 bridgehead atoms. The van der Waals surface area contributed by atoms with E-state index in [1.807, 2.05) is 14.0 Å². The Morgan fingerprint density at radius 2 is 2.17 bits per heavy atom. The zero-order valence-electron chi connectivity index (χ0n) is 10.1. The van der Waals surface area contributed by atoms with Gasteiger partial charge in [0.1, 0.15) is 0 Å². The van der Waals surface area contributed by atoms with Crippen molar-refractivity contribution >= 4 is 29.0 Å². The van der Waals surface area contributed by atoms with Crippen LogP contribution in [0.15, 0.2) is 24.3 Å². The maximum Gasteiger partial charge on any atom is 0.256 e. The Bertz CT molecular complexity index is 587. The molecule has 0 saturated carbocycles. The van der Waals surface area contributed by atoms with E-state index >= 15 is 0 Å². The number of carbonyl (C=O) groups is 1. The first-order valence-corrected chi connectivity index (χ1v) is 5.72. The lowest BCUT2D eigenvalue weighted by Gasteiger charge is -2.03. The standard InChI is InChI=1S/C12H13ClN4O/c1-7-5-11(16-17(7)2)15-12(18)8-3-4-10(14)9(13)6-8/h3-6H,14H2,1-2H3,(H,15,16,18). The molecule has 0 radical (unpaired) electrons. The highest BCUT2D eigenvalue weighted by Gasteiger charge is 2.10. The summed E-state index contributed by atoms with van der Waals surface area (Å²) in [6.07, 6.45) is 0. The molecule has 1 aromatic heterocycles. The van der Waals surface area contributed by atoms with Crippen molar-refractivity contribution in [3.05, 3.63) is 40.5 Å². The number of hydrogen-bond acceptors (Lipinski definition) is 3. The molecular formula is C12H13ClN4O. The molecule has 1 amide bonds. The third-order valence-corrected chi connectivity index (χ3v) is 2.95. The monoisotopic (exact) mass is 264 g/mol. The minimum absolute atomic E-state index is 0.269. The molecule has 0 saturated heterocycles. The average molecular weight is 265 g/mol. The van der Waals surface area contributed by atoms with Crippen molar-refractivity contribution in [3.63, 3.8) is 0 Å². The van der Waals surface area contributed by atoms with Crippen LogP contribution in [0.2, 0.25) is 5.02 Å². The SMILES string of the molecule is Cc1cc(NC(=O)c2ccc(N)c(Cl)c2)nn1C. The molecule has 0 spiro atoms. The highest BCUT2D eigenvalue weighted by Crippen LogP contribution is 2.20. The van der Waals surface area contributed by atoms with Crippen LogP contribution < -0.4 is 11.1 Å². The van der Waals surface area contributed by atoms with Gasteiger partial charge in [0, 0.05) is 24.4 Å². The van der Waals surface area contributed by atoms with Crippen molar-refractivity contribution in [1.29, 1.82) is 0 Å². The predicted molar refractivity (Wildman–Crippen MR) is 71.8 cm³/mol. The van der Waals surface area contributed by atoms with Gasteiger partial charge in [0.2, 0.25) is 0 Å². The summed E-state index contributed by atoms with van der Waals surface area (Å²) in [5, 5.41) is 7.20. The van der Waals surface area contributed by atoms with Gasteiger partial charge in [0.05, 0.1) is 10.7 Å². The third kappa shape index (κ3) is 2.46. The van der Waals surface area contributed by atoms with Gasteiger partial charge in [-0.2, -0.15) is 5.10 Å². The number of nitrogens with one attached hydrogen (secondary N) is 1. The largest absolute Gasteiger partial charge is 0.398 e. The number of carbonyl (C=O) groups excluding carboxylic acids is 1. The van der Waals surface area contributed by atoms with Crippen LogP contribution in [-0.2, 0) is 7.05 Å². The summed E-state index contributed by atoms with van der Waals surface area (Å²) in [6.45, 7) is 1.91. The van der Waals surface area contributed by atoms with E-state index in [0.29, 0.717) is 22.1 Å². The highest BCUT2D eigenvalue weighted by molar-refractivity contribution is 6.33. The maximum absolute atomic E-state index is 11.9. The van der Waals surface area contributed by atoms with Crippen molar-refractivity contribution in [1.82, 2.24) is 9.78 Å². The number of anilines is 2. The summed E-state index contributed by atoms with van der Waals surface area (Å²) in [7, 11) is 1.81. The molecule has 2 aromatic rings. The van der Waals surface area contributed by atoms with Crippen LogP contribution in [0, 0.1) is 6.92 Å². The number of amides is 1. The fourth-order valence-corrected chi connectivity index (χ4v) is 1.66. The Kier molecular flexibility index (Phi) is 3.25. The van der Waals surface area contributed by atoms with Crippen molar-refractivity contribution in [2.45, 2.75) is 6.92 Å². The molecule has 18 heavy (non-hydrogen) atoms. The summed E-state index contributed by atoms with van der Waals surface area (Å²) < 4.78 is 1.69. The smallest absolute Gasteiger partial charge is 0.256 e. The Morgan fingerprint density at radius 3 is 2.72 bits per heavy atom. The van der Waals surface area contributed by atoms with Gasteiger partial charge in [-0.05, 0) is 25.1 Å². The van der Waals surface area contributed by atoms with Crippen molar-refractivity contribution in [2.24, 2.45) is 7.05 Å². The number of aryl methyl sites for hydroxylation is 2. The lowest BCUT2D eigenvalue weighted by molar-refractivity contribution is 0.102. The Hall–Kier alpha value is -2.01. The normalized spacial score (nSPS) is 10.4. The Balaban J connectivity index is 2.19. The van der Waals surface area contributed by atoms with Crippen LogP contribution in [0.4, 0.5) is 11.5 Å². The van der Waals surface area contributed by atoms with Gasteiger partial charge in [0.15, 0.2) is 5.82 Å². The topological polar surface area (TPSA) is 72.9 Å². The van der Waals surface area contributed by atoms with Gasteiger partial charge in [-0.1, -0.05) is 11.6 Å². The van der Waals surface area contributed by atoms with Crippen LogP contribution >= 0.6 is 11.6 Å². The van der Waals surface area contributed by atoms with Crippen molar-refractivity contribution in [3.8, 4) is 0 Å². The minimum atomic E-state index is -0.269. The summed E-state index contributed by atoms with van der Waals surface area (Å²) in [5.74, 6) is 0.239. The van der Waals surface area contributed by atoms with Crippen molar-refractivity contribution < 1.29 is 4.79 Å². The first kappa shape index (κ1) is 12.4. The van der Waals surface area contributed by atoms with E-state index in [4.69, 9.17) is 17.3 Å². The summed E-state index contributed by atoms with van der Waals surface area (Å²) >= 11 is 5.87. The molecule has 0 unspecified atom stereocenters. The fraction of sp³-hybridized carbons (Fsp3) is 0.167. The van der Waals surface area contributed by atoms with Gasteiger partial charge in [-0.25, -0.2) is 0 Å². The molecule has 2 rings (SSSR count). The van der Waals surface area contributed by atoms with Gasteiger partial charge in [-0.15, -0.1) is 0 Å². The van der Waals surface area contributed by atoms with Crippen LogP contribution in [0.25, 0.3) is 0 Å². The lowest BCUT2D eigenvalue weighted by Crippen LogP contribution is -2.12. The number of nitrogens with two attached hydrogens (primary N) is 1. The van der Waals surface area contributed by atoms with Gasteiger partial charge in [-0.3, -0.25) is 9.48 Å². The lowest BCUT2D eigenvalue weighted by atomic mass is 10.2. The number of nitrogen functional groups attached to an aromatic ring is 1. The number of nitrogens with zero attached hydrogens (tertiary/aromatic N) is 2. The molecule has 1 heterocycles. The first-order chi connectivity index (χ1) is 8.47. The van der Waals surface area contributed by atoms with E-state index in [0.717, 1.165) is 5.69 Å². The van der Waals surface area contributed by atoms with Crippen LogP contribution in [0.1, 0.15) is 16.1 Å². The molecule has 3 N–H and O–H groups in total. The Labute approximate surface area is 110 Å². The molecule has 0 aliphatic heterocycles. The molecule has 0 aliphatic rings. The van der Waals surface area contributed by atoms with E-state index in [1.165, 1.54) is 6.07 Å². The minimum Gasteiger partial charge on any atom is -0.398 e. The predicted octanol–water partition coefficient (Wildman–Crippen LogP) is 2.22.